The quantitative estimate of drug-likeness (QED) is 0.691. The number of hydrogen-bond acceptors (Lipinski definition) is 4. The molecule has 1 unspecified atom stereocenters. The molecule has 0 saturated carbocycles. The van der Waals surface area contributed by atoms with Gasteiger partial charge < -0.3 is 10.8 Å². The smallest absolute Gasteiger partial charge is 0.320 e. The Balaban J connectivity index is 2.82. The molecule has 80 valence electrons. The Kier molecular flexibility index (Phi) is 3.51. The maximum atomic E-state index is 11.0. The van der Waals surface area contributed by atoms with Crippen LogP contribution in [-0.4, -0.2) is 27.9 Å². The largest absolute Gasteiger partial charge is 0.480 e. The van der Waals surface area contributed by atoms with Crippen LogP contribution in [0.1, 0.15) is 23.0 Å². The van der Waals surface area contributed by atoms with Crippen molar-refractivity contribution < 1.29 is 14.7 Å². The summed E-state index contributed by atoms with van der Waals surface area (Å²) in [6.45, 7) is 1.41. The minimum atomic E-state index is -1.06. The van der Waals surface area contributed by atoms with Crippen LogP contribution in [0.4, 0.5) is 0 Å². The summed E-state index contributed by atoms with van der Waals surface area (Å²) in [6, 6.07) is 2.26. The van der Waals surface area contributed by atoms with Crippen LogP contribution in [0, 0.1) is 0 Å². The number of carbonyl (C=O) groups excluding carboxylic acids is 1. The number of ketones is 1. The molecule has 0 aliphatic heterocycles. The molecule has 0 radical (unpaired) electrons. The highest BCUT2D eigenvalue weighted by atomic mass is 16.4. The summed E-state index contributed by atoms with van der Waals surface area (Å²) in [5, 5.41) is 8.61. The maximum Gasteiger partial charge on any atom is 0.320 e. The molecule has 5 heteroatoms. The summed E-state index contributed by atoms with van der Waals surface area (Å²) in [4.78, 5) is 25.4. The van der Waals surface area contributed by atoms with Crippen LogP contribution in [0.15, 0.2) is 18.3 Å². The fourth-order valence-electron chi connectivity index (χ4n) is 1.14. The molecule has 0 amide bonds. The number of carboxylic acid groups (broad SMARTS) is 1. The predicted molar refractivity (Wildman–Crippen MR) is 53.6 cm³/mol. The van der Waals surface area contributed by atoms with Crippen LogP contribution in [0.5, 0.6) is 0 Å². The SMILES string of the molecule is CC(=O)c1cc(CC(N)C(=O)O)ccn1. The Labute approximate surface area is 86.9 Å². The molecule has 0 aliphatic carbocycles. The topological polar surface area (TPSA) is 93.3 Å². The van der Waals surface area contributed by atoms with Crippen LogP contribution in [-0.2, 0) is 11.2 Å². The van der Waals surface area contributed by atoms with Crippen LogP contribution in [0.3, 0.4) is 0 Å². The Morgan fingerprint density at radius 1 is 1.60 bits per heavy atom. The standard InChI is InChI=1S/C10H12N2O3/c1-6(13)9-5-7(2-3-12-9)4-8(11)10(14)15/h2-3,5,8H,4,11H2,1H3,(H,14,15). The van der Waals surface area contributed by atoms with Crippen LogP contribution < -0.4 is 5.73 Å². The molecule has 15 heavy (non-hydrogen) atoms. The van der Waals surface area contributed by atoms with Gasteiger partial charge in [-0.3, -0.25) is 14.6 Å². The Morgan fingerprint density at radius 2 is 2.27 bits per heavy atom. The highest BCUT2D eigenvalue weighted by Crippen LogP contribution is 2.05. The first-order chi connectivity index (χ1) is 7.00. The first-order valence-corrected chi connectivity index (χ1v) is 4.45. The summed E-state index contributed by atoms with van der Waals surface area (Å²) < 4.78 is 0. The Hall–Kier alpha value is -1.75. The van der Waals surface area contributed by atoms with E-state index in [1.807, 2.05) is 0 Å². The molecule has 0 aromatic carbocycles. The molecule has 1 heterocycles. The fraction of sp³-hybridized carbons (Fsp3) is 0.300. The lowest BCUT2D eigenvalue weighted by Crippen LogP contribution is -2.32. The van der Waals surface area contributed by atoms with E-state index in [2.05, 4.69) is 4.98 Å². The van der Waals surface area contributed by atoms with Crippen LogP contribution in [0.25, 0.3) is 0 Å². The lowest BCUT2D eigenvalue weighted by molar-refractivity contribution is -0.138. The molecular formula is C10H12N2O3. The molecule has 0 aliphatic rings. The summed E-state index contributed by atoms with van der Waals surface area (Å²) in [7, 11) is 0. The second-order valence-corrected chi connectivity index (χ2v) is 3.25. The van der Waals surface area contributed by atoms with Crippen molar-refractivity contribution in [2.45, 2.75) is 19.4 Å². The number of aromatic nitrogens is 1. The van der Waals surface area contributed by atoms with Gasteiger partial charge in [-0.05, 0) is 24.1 Å². The number of carbonyl (C=O) groups is 2. The molecule has 1 aromatic rings. The van der Waals surface area contributed by atoms with Crippen molar-refractivity contribution in [3.05, 3.63) is 29.6 Å². The van der Waals surface area contributed by atoms with Crippen molar-refractivity contribution in [3.8, 4) is 0 Å². The molecule has 0 bridgehead atoms. The molecule has 1 rings (SSSR count). The third kappa shape index (κ3) is 3.14. The zero-order chi connectivity index (χ0) is 11.4. The summed E-state index contributed by atoms with van der Waals surface area (Å²) in [5.41, 5.74) is 6.39. The monoisotopic (exact) mass is 208 g/mol. The third-order valence-corrected chi connectivity index (χ3v) is 1.96. The van der Waals surface area contributed by atoms with E-state index in [9.17, 15) is 9.59 Å². The Morgan fingerprint density at radius 3 is 2.80 bits per heavy atom. The van der Waals surface area contributed by atoms with E-state index >= 15 is 0 Å². The highest BCUT2D eigenvalue weighted by molar-refractivity contribution is 5.92. The molecular weight excluding hydrogens is 196 g/mol. The van der Waals surface area contributed by atoms with Crippen LogP contribution in [0.2, 0.25) is 0 Å². The maximum absolute atomic E-state index is 11.0. The lowest BCUT2D eigenvalue weighted by Gasteiger charge is -2.06. The zero-order valence-electron chi connectivity index (χ0n) is 8.30. The molecule has 0 spiro atoms. The molecule has 1 atom stereocenters. The van der Waals surface area contributed by atoms with Crippen molar-refractivity contribution in [2.24, 2.45) is 5.73 Å². The van der Waals surface area contributed by atoms with Crippen molar-refractivity contribution in [3.63, 3.8) is 0 Å². The van der Waals surface area contributed by atoms with Crippen LogP contribution >= 0.6 is 0 Å². The Bertz CT molecular complexity index is 390. The summed E-state index contributed by atoms with van der Waals surface area (Å²) in [5.74, 6) is -1.21. The minimum Gasteiger partial charge on any atom is -0.480 e. The predicted octanol–water partition coefficient (Wildman–Crippen LogP) is 0.239. The van der Waals surface area contributed by atoms with Crippen molar-refractivity contribution in [1.29, 1.82) is 0 Å². The van der Waals surface area contributed by atoms with Crippen molar-refractivity contribution in [1.82, 2.24) is 4.98 Å². The first-order valence-electron chi connectivity index (χ1n) is 4.45. The molecule has 1 aromatic heterocycles. The minimum absolute atomic E-state index is 0.152. The number of nitrogens with two attached hydrogens (primary N) is 1. The third-order valence-electron chi connectivity index (χ3n) is 1.96. The van der Waals surface area contributed by atoms with Gasteiger partial charge in [-0.15, -0.1) is 0 Å². The lowest BCUT2D eigenvalue weighted by atomic mass is 10.1. The number of carboxylic acids is 1. The van der Waals surface area contributed by atoms with Crippen molar-refractivity contribution in [2.75, 3.05) is 0 Å². The van der Waals surface area contributed by atoms with Gasteiger partial charge in [-0.2, -0.15) is 0 Å². The van der Waals surface area contributed by atoms with E-state index in [0.29, 0.717) is 11.3 Å². The first kappa shape index (κ1) is 11.3. The number of rotatable bonds is 4. The fourth-order valence-corrected chi connectivity index (χ4v) is 1.14. The number of nitrogens with zero attached hydrogens (tertiary/aromatic N) is 1. The molecule has 0 saturated heterocycles. The van der Waals surface area contributed by atoms with E-state index in [-0.39, 0.29) is 12.2 Å². The number of Topliss-reactive ketones (excluding diaryl/α,β-unsaturated/α-hetero) is 1. The average Bonchev–Trinajstić information content (AvgIpc) is 2.18. The molecule has 5 nitrogen and oxygen atoms in total. The van der Waals surface area contributed by atoms with E-state index in [0.717, 1.165) is 0 Å². The van der Waals surface area contributed by atoms with Gasteiger partial charge in [0, 0.05) is 13.1 Å². The van der Waals surface area contributed by atoms with Gasteiger partial charge in [0.25, 0.3) is 0 Å². The van der Waals surface area contributed by atoms with E-state index in [1.165, 1.54) is 13.1 Å². The second kappa shape index (κ2) is 4.65. The number of hydrogen-bond donors (Lipinski definition) is 2. The van der Waals surface area contributed by atoms with Gasteiger partial charge in [0.15, 0.2) is 5.78 Å². The number of pyridine rings is 1. The van der Waals surface area contributed by atoms with E-state index < -0.39 is 12.0 Å². The molecule has 3 N–H and O–H groups in total. The molecule has 0 fully saturated rings. The van der Waals surface area contributed by atoms with Gasteiger partial charge in [0.05, 0.1) is 0 Å². The average molecular weight is 208 g/mol. The normalized spacial score (nSPS) is 12.1. The summed E-state index contributed by atoms with van der Waals surface area (Å²) in [6.07, 6.45) is 1.67. The number of aliphatic carboxylic acids is 1. The second-order valence-electron chi connectivity index (χ2n) is 3.25. The van der Waals surface area contributed by atoms with Gasteiger partial charge in [0.1, 0.15) is 11.7 Å². The summed E-state index contributed by atoms with van der Waals surface area (Å²) >= 11 is 0. The van der Waals surface area contributed by atoms with E-state index in [1.54, 1.807) is 12.1 Å². The zero-order valence-corrected chi connectivity index (χ0v) is 8.30. The van der Waals surface area contributed by atoms with Gasteiger partial charge in [-0.25, -0.2) is 0 Å². The van der Waals surface area contributed by atoms with Gasteiger partial charge in [-0.1, -0.05) is 0 Å². The van der Waals surface area contributed by atoms with Gasteiger partial charge >= 0.3 is 5.97 Å². The highest BCUT2D eigenvalue weighted by Gasteiger charge is 2.12. The van der Waals surface area contributed by atoms with Gasteiger partial charge in [0.2, 0.25) is 0 Å². The van der Waals surface area contributed by atoms with Crippen molar-refractivity contribution >= 4 is 11.8 Å². The van der Waals surface area contributed by atoms with E-state index in [4.69, 9.17) is 10.8 Å².